The molecule has 3 aromatic heterocycles. The molecule has 4 nitrogen and oxygen atoms in total. The van der Waals surface area contributed by atoms with Crippen molar-refractivity contribution in [2.24, 2.45) is 0 Å². The van der Waals surface area contributed by atoms with Crippen LogP contribution in [0.3, 0.4) is 0 Å². The summed E-state index contributed by atoms with van der Waals surface area (Å²) in [5, 5.41) is 6.84. The van der Waals surface area contributed by atoms with E-state index in [0.717, 1.165) is 22.8 Å². The number of thiophene rings is 1. The van der Waals surface area contributed by atoms with Crippen molar-refractivity contribution in [2.45, 2.75) is 13.5 Å². The van der Waals surface area contributed by atoms with Crippen molar-refractivity contribution in [3.63, 3.8) is 0 Å². The highest BCUT2D eigenvalue weighted by Gasteiger charge is 2.08. The van der Waals surface area contributed by atoms with Gasteiger partial charge in [-0.25, -0.2) is 0 Å². The first-order valence-corrected chi connectivity index (χ1v) is 7.49. The number of hydrogen-bond acceptors (Lipinski definition) is 4. The molecule has 0 aliphatic rings. The summed E-state index contributed by atoms with van der Waals surface area (Å²) in [6.07, 6.45) is 1.59. The van der Waals surface area contributed by atoms with Crippen LogP contribution in [-0.4, -0.2) is 10.9 Å². The summed E-state index contributed by atoms with van der Waals surface area (Å²) in [7, 11) is 0. The van der Waals surface area contributed by atoms with Gasteiger partial charge in [0.05, 0.1) is 17.8 Å². The van der Waals surface area contributed by atoms with E-state index in [1.165, 1.54) is 0 Å². The second-order valence-corrected chi connectivity index (χ2v) is 5.42. The molecule has 0 unspecified atom stereocenters. The van der Waals surface area contributed by atoms with Crippen molar-refractivity contribution in [1.82, 2.24) is 10.3 Å². The van der Waals surface area contributed by atoms with Crippen molar-refractivity contribution >= 4 is 17.2 Å². The molecule has 0 spiro atoms. The number of aromatic nitrogens is 1. The fraction of sp³-hybridized carbons (Fsp3) is 0.125. The Morgan fingerprint density at radius 3 is 2.81 bits per heavy atom. The van der Waals surface area contributed by atoms with Gasteiger partial charge in [0.2, 0.25) is 0 Å². The third-order valence-corrected chi connectivity index (χ3v) is 3.75. The topological polar surface area (TPSA) is 55.1 Å². The number of hydrogen-bond donors (Lipinski definition) is 1. The van der Waals surface area contributed by atoms with Crippen LogP contribution >= 0.6 is 11.3 Å². The van der Waals surface area contributed by atoms with E-state index in [2.05, 4.69) is 10.3 Å². The smallest absolute Gasteiger partial charge is 0.253 e. The predicted octanol–water partition coefficient (Wildman–Crippen LogP) is 3.64. The standard InChI is InChI=1S/C16H14N2O2S/c1-11-2-4-14(20-11)9-18-16(19)12-3-5-15(17-8-12)13-6-7-21-10-13/h2-8,10H,9H2,1H3,(H,18,19). The fourth-order valence-electron chi connectivity index (χ4n) is 1.96. The first-order chi connectivity index (χ1) is 10.2. The van der Waals surface area contributed by atoms with Crippen molar-refractivity contribution in [3.8, 4) is 11.3 Å². The highest BCUT2D eigenvalue weighted by molar-refractivity contribution is 7.08. The minimum atomic E-state index is -0.159. The molecular weight excluding hydrogens is 284 g/mol. The van der Waals surface area contributed by atoms with Crippen LogP contribution in [0, 0.1) is 6.92 Å². The monoisotopic (exact) mass is 298 g/mol. The summed E-state index contributed by atoms with van der Waals surface area (Å²) in [5.41, 5.74) is 2.48. The normalized spacial score (nSPS) is 10.5. The van der Waals surface area contributed by atoms with E-state index in [1.54, 1.807) is 23.6 Å². The van der Waals surface area contributed by atoms with Crippen LogP contribution in [0.2, 0.25) is 0 Å². The summed E-state index contributed by atoms with van der Waals surface area (Å²) >= 11 is 1.62. The van der Waals surface area contributed by atoms with Gasteiger partial charge >= 0.3 is 0 Å². The molecule has 106 valence electrons. The zero-order valence-electron chi connectivity index (χ0n) is 11.5. The third kappa shape index (κ3) is 3.20. The summed E-state index contributed by atoms with van der Waals surface area (Å²) in [4.78, 5) is 16.4. The average Bonchev–Trinajstić information content (AvgIpc) is 3.16. The van der Waals surface area contributed by atoms with Crippen LogP contribution in [0.25, 0.3) is 11.3 Å². The Hall–Kier alpha value is -2.40. The van der Waals surface area contributed by atoms with Gasteiger partial charge in [-0.05, 0) is 42.6 Å². The van der Waals surface area contributed by atoms with Crippen molar-refractivity contribution < 1.29 is 9.21 Å². The van der Waals surface area contributed by atoms with Gasteiger partial charge < -0.3 is 9.73 Å². The molecule has 1 N–H and O–H groups in total. The summed E-state index contributed by atoms with van der Waals surface area (Å²) < 4.78 is 5.41. The van der Waals surface area contributed by atoms with Gasteiger partial charge in [-0.1, -0.05) is 0 Å². The highest BCUT2D eigenvalue weighted by Crippen LogP contribution is 2.19. The maximum absolute atomic E-state index is 12.0. The van der Waals surface area contributed by atoms with E-state index in [4.69, 9.17) is 4.42 Å². The summed E-state index contributed by atoms with van der Waals surface area (Å²) in [6, 6.07) is 9.37. The van der Waals surface area contributed by atoms with E-state index >= 15 is 0 Å². The average molecular weight is 298 g/mol. The number of carbonyl (C=O) groups is 1. The number of rotatable bonds is 4. The number of carbonyl (C=O) groups excluding carboxylic acids is 1. The Kier molecular flexibility index (Phi) is 3.83. The van der Waals surface area contributed by atoms with Crippen molar-refractivity contribution in [2.75, 3.05) is 0 Å². The van der Waals surface area contributed by atoms with Gasteiger partial charge in [0, 0.05) is 17.1 Å². The number of nitrogens with zero attached hydrogens (tertiary/aromatic N) is 1. The lowest BCUT2D eigenvalue weighted by Gasteiger charge is -2.04. The summed E-state index contributed by atoms with van der Waals surface area (Å²) in [6.45, 7) is 2.25. The third-order valence-electron chi connectivity index (χ3n) is 3.06. The number of amides is 1. The maximum Gasteiger partial charge on any atom is 0.253 e. The lowest BCUT2D eigenvalue weighted by atomic mass is 10.2. The fourth-order valence-corrected chi connectivity index (χ4v) is 2.61. The SMILES string of the molecule is Cc1ccc(CNC(=O)c2ccc(-c3ccsc3)nc2)o1. The Morgan fingerprint density at radius 1 is 1.29 bits per heavy atom. The Morgan fingerprint density at radius 2 is 2.19 bits per heavy atom. The molecule has 0 aliphatic carbocycles. The Bertz CT molecular complexity index is 730. The molecule has 0 aliphatic heterocycles. The highest BCUT2D eigenvalue weighted by atomic mass is 32.1. The maximum atomic E-state index is 12.0. The first-order valence-electron chi connectivity index (χ1n) is 6.54. The van der Waals surface area contributed by atoms with Crippen molar-refractivity contribution in [1.29, 1.82) is 0 Å². The van der Waals surface area contributed by atoms with E-state index in [0.29, 0.717) is 12.1 Å². The van der Waals surface area contributed by atoms with E-state index < -0.39 is 0 Å². The molecule has 0 atom stereocenters. The lowest BCUT2D eigenvalue weighted by molar-refractivity contribution is 0.0947. The molecule has 1 amide bonds. The molecule has 3 heterocycles. The molecule has 0 radical (unpaired) electrons. The zero-order valence-corrected chi connectivity index (χ0v) is 12.3. The molecule has 0 saturated carbocycles. The second-order valence-electron chi connectivity index (χ2n) is 4.64. The van der Waals surface area contributed by atoms with Crippen LogP contribution in [0.5, 0.6) is 0 Å². The quantitative estimate of drug-likeness (QED) is 0.800. The van der Waals surface area contributed by atoms with E-state index in [-0.39, 0.29) is 5.91 Å². The minimum Gasteiger partial charge on any atom is -0.465 e. The van der Waals surface area contributed by atoms with Gasteiger partial charge in [-0.15, -0.1) is 0 Å². The molecule has 0 bridgehead atoms. The van der Waals surface area contributed by atoms with Crippen LogP contribution in [-0.2, 0) is 6.54 Å². The minimum absolute atomic E-state index is 0.159. The van der Waals surface area contributed by atoms with E-state index in [9.17, 15) is 4.79 Å². The van der Waals surface area contributed by atoms with Gasteiger partial charge in [0.1, 0.15) is 11.5 Å². The summed E-state index contributed by atoms with van der Waals surface area (Å²) in [5.74, 6) is 1.41. The molecule has 3 aromatic rings. The molecule has 0 fully saturated rings. The second kappa shape index (κ2) is 5.93. The van der Waals surface area contributed by atoms with Gasteiger partial charge in [-0.3, -0.25) is 9.78 Å². The number of aryl methyl sites for hydroxylation is 1. The molecular formula is C16H14N2O2S. The van der Waals surface area contributed by atoms with E-state index in [1.807, 2.05) is 41.9 Å². The zero-order chi connectivity index (χ0) is 14.7. The number of furan rings is 1. The Balaban J connectivity index is 1.65. The van der Waals surface area contributed by atoms with Gasteiger partial charge in [0.25, 0.3) is 5.91 Å². The van der Waals surface area contributed by atoms with Crippen LogP contribution in [0.15, 0.2) is 51.7 Å². The molecule has 0 saturated heterocycles. The Labute approximate surface area is 126 Å². The molecule has 21 heavy (non-hydrogen) atoms. The predicted molar refractivity (Wildman–Crippen MR) is 82.2 cm³/mol. The van der Waals surface area contributed by atoms with Crippen molar-refractivity contribution in [3.05, 3.63) is 64.4 Å². The molecule has 5 heteroatoms. The van der Waals surface area contributed by atoms with Crippen LogP contribution in [0.1, 0.15) is 21.9 Å². The van der Waals surface area contributed by atoms with Crippen LogP contribution < -0.4 is 5.32 Å². The van der Waals surface area contributed by atoms with Gasteiger partial charge in [0.15, 0.2) is 0 Å². The molecule has 3 rings (SSSR count). The number of nitrogens with one attached hydrogen (secondary N) is 1. The largest absolute Gasteiger partial charge is 0.465 e. The van der Waals surface area contributed by atoms with Gasteiger partial charge in [-0.2, -0.15) is 11.3 Å². The molecule has 0 aromatic carbocycles. The van der Waals surface area contributed by atoms with Crippen LogP contribution in [0.4, 0.5) is 0 Å². The number of pyridine rings is 1. The lowest BCUT2D eigenvalue weighted by Crippen LogP contribution is -2.22. The first kappa shape index (κ1) is 13.6.